The number of benzene rings is 1. The largest absolute Gasteiger partial charge is 0.320 e. The summed E-state index contributed by atoms with van der Waals surface area (Å²) in [7, 11) is 5.62. The van der Waals surface area contributed by atoms with Crippen molar-refractivity contribution in [2.75, 3.05) is 11.4 Å². The molecule has 120 valence electrons. The van der Waals surface area contributed by atoms with Crippen molar-refractivity contribution in [1.29, 1.82) is 0 Å². The topological polar surface area (TPSA) is 41.9 Å². The van der Waals surface area contributed by atoms with Crippen LogP contribution in [-0.2, 0) is 0 Å². The third-order valence-corrected chi connectivity index (χ3v) is 3.45. The smallest absolute Gasteiger partial charge is 0.256 e. The van der Waals surface area contributed by atoms with Crippen molar-refractivity contribution in [2.45, 2.75) is 6.43 Å². The van der Waals surface area contributed by atoms with Gasteiger partial charge in [-0.2, -0.15) is 4.98 Å². The minimum absolute atomic E-state index is 0.00191. The number of nitrogens with zero attached hydrogens (tertiary/aromatic N) is 4. The number of aromatic nitrogens is 3. The van der Waals surface area contributed by atoms with Crippen molar-refractivity contribution in [3.8, 4) is 0 Å². The lowest BCUT2D eigenvalue weighted by molar-refractivity contribution is 0.158. The van der Waals surface area contributed by atoms with Gasteiger partial charge in [0.25, 0.3) is 6.43 Å². The number of halogens is 4. The quantitative estimate of drug-likeness (QED) is 0.537. The van der Waals surface area contributed by atoms with Crippen LogP contribution in [0, 0.1) is 5.82 Å². The van der Waals surface area contributed by atoms with E-state index in [0.29, 0.717) is 5.69 Å². The van der Waals surface area contributed by atoms with Gasteiger partial charge in [-0.1, -0.05) is 6.07 Å². The highest BCUT2D eigenvalue weighted by Gasteiger charge is 2.22. The van der Waals surface area contributed by atoms with Gasteiger partial charge in [0.05, 0.1) is 17.4 Å². The number of fused-ring (bicyclic) bond motifs is 1. The fourth-order valence-electron chi connectivity index (χ4n) is 2.35. The van der Waals surface area contributed by atoms with E-state index in [9.17, 15) is 13.2 Å². The molecule has 0 unspecified atom stereocenters. The van der Waals surface area contributed by atoms with E-state index in [1.165, 1.54) is 36.5 Å². The zero-order chi connectivity index (χ0) is 17.3. The van der Waals surface area contributed by atoms with Gasteiger partial charge < -0.3 is 4.90 Å². The van der Waals surface area contributed by atoms with Crippen LogP contribution < -0.4 is 10.5 Å². The molecule has 3 rings (SSSR count). The van der Waals surface area contributed by atoms with E-state index in [1.54, 1.807) is 0 Å². The molecule has 0 fully saturated rings. The van der Waals surface area contributed by atoms with Gasteiger partial charge in [-0.15, -0.1) is 0 Å². The van der Waals surface area contributed by atoms with Gasteiger partial charge >= 0.3 is 0 Å². The van der Waals surface area contributed by atoms with Gasteiger partial charge in [-0.25, -0.2) is 18.2 Å². The standard InChI is InChI=1S/C15H9BClF3N4/c16-11-6-8(4-5-21-11)24(7-12(19)20)14-13-9(18)2-1-3-10(13)22-15(17)23-14/h1-6,12H,7H2. The average molecular weight is 349 g/mol. The van der Waals surface area contributed by atoms with Crippen molar-refractivity contribution < 1.29 is 13.2 Å². The summed E-state index contributed by atoms with van der Waals surface area (Å²) in [6.45, 7) is -0.722. The van der Waals surface area contributed by atoms with Crippen molar-refractivity contribution in [2.24, 2.45) is 0 Å². The Labute approximate surface area is 141 Å². The third kappa shape index (κ3) is 3.28. The predicted molar refractivity (Wildman–Crippen MR) is 87.1 cm³/mol. The molecule has 1 aromatic carbocycles. The average Bonchev–Trinajstić information content (AvgIpc) is 2.51. The van der Waals surface area contributed by atoms with Crippen LogP contribution in [-0.4, -0.2) is 35.8 Å². The Kier molecular flexibility index (Phi) is 4.57. The molecule has 0 N–H and O–H groups in total. The van der Waals surface area contributed by atoms with Gasteiger partial charge in [-0.05, 0) is 41.5 Å². The second-order valence-electron chi connectivity index (χ2n) is 4.89. The molecule has 0 bridgehead atoms. The third-order valence-electron chi connectivity index (χ3n) is 3.28. The molecule has 24 heavy (non-hydrogen) atoms. The fourth-order valence-corrected chi connectivity index (χ4v) is 2.52. The first-order valence-electron chi connectivity index (χ1n) is 6.84. The molecule has 0 saturated heterocycles. The first kappa shape index (κ1) is 16.5. The first-order valence-corrected chi connectivity index (χ1v) is 7.22. The van der Waals surface area contributed by atoms with Crippen molar-refractivity contribution in [3.05, 3.63) is 47.6 Å². The van der Waals surface area contributed by atoms with E-state index < -0.39 is 18.8 Å². The molecule has 2 aromatic heterocycles. The van der Waals surface area contributed by atoms with E-state index >= 15 is 0 Å². The molecule has 0 spiro atoms. The van der Waals surface area contributed by atoms with Gasteiger partial charge in [0.2, 0.25) is 5.28 Å². The number of alkyl halides is 2. The SMILES string of the molecule is [B]c1cc(N(CC(F)F)c2nc(Cl)nc3cccc(F)c23)ccn1. The van der Waals surface area contributed by atoms with E-state index in [1.807, 2.05) is 0 Å². The Morgan fingerprint density at radius 3 is 2.71 bits per heavy atom. The van der Waals surface area contributed by atoms with Crippen LogP contribution in [0.3, 0.4) is 0 Å². The molecule has 3 aromatic rings. The maximum Gasteiger partial charge on any atom is 0.256 e. The minimum atomic E-state index is -2.70. The zero-order valence-corrected chi connectivity index (χ0v) is 12.9. The van der Waals surface area contributed by atoms with Gasteiger partial charge in [0, 0.05) is 11.9 Å². The van der Waals surface area contributed by atoms with Gasteiger partial charge in [0.1, 0.15) is 19.5 Å². The summed E-state index contributed by atoms with van der Waals surface area (Å²) in [6, 6.07) is 7.04. The molecule has 4 nitrogen and oxygen atoms in total. The molecule has 0 atom stereocenters. The Bertz CT molecular complexity index is 894. The number of pyridine rings is 1. The Hall–Kier alpha value is -2.35. The summed E-state index contributed by atoms with van der Waals surface area (Å²) in [4.78, 5) is 12.9. The maximum absolute atomic E-state index is 14.3. The molecule has 2 heterocycles. The highest BCUT2D eigenvalue weighted by molar-refractivity contribution is 6.31. The molecular formula is C15H9BClF3N4. The summed E-state index contributed by atoms with van der Waals surface area (Å²) in [6.07, 6.45) is -1.33. The number of anilines is 2. The predicted octanol–water partition coefficient (Wildman–Crippen LogP) is 3.01. The zero-order valence-electron chi connectivity index (χ0n) is 12.1. The summed E-state index contributed by atoms with van der Waals surface area (Å²) in [5, 5.41) is -0.178. The van der Waals surface area contributed by atoms with Crippen LogP contribution in [0.1, 0.15) is 0 Å². The summed E-state index contributed by atoms with van der Waals surface area (Å²) in [5.41, 5.74) is 0.644. The first-order chi connectivity index (χ1) is 11.5. The highest BCUT2D eigenvalue weighted by atomic mass is 35.5. The van der Waals surface area contributed by atoms with E-state index in [2.05, 4.69) is 15.0 Å². The van der Waals surface area contributed by atoms with Crippen molar-refractivity contribution in [3.63, 3.8) is 0 Å². The minimum Gasteiger partial charge on any atom is -0.320 e. The second-order valence-corrected chi connectivity index (χ2v) is 5.23. The normalized spacial score (nSPS) is 11.2. The van der Waals surface area contributed by atoms with E-state index in [-0.39, 0.29) is 27.6 Å². The number of hydrogen-bond acceptors (Lipinski definition) is 4. The number of hydrogen-bond donors (Lipinski definition) is 0. The van der Waals surface area contributed by atoms with Crippen LogP contribution >= 0.6 is 11.6 Å². The van der Waals surface area contributed by atoms with Crippen LogP contribution in [0.15, 0.2) is 36.5 Å². The lowest BCUT2D eigenvalue weighted by atomic mass is 10.0. The van der Waals surface area contributed by atoms with Crippen molar-refractivity contribution in [1.82, 2.24) is 15.0 Å². The van der Waals surface area contributed by atoms with Crippen LogP contribution in [0.2, 0.25) is 5.28 Å². The molecule has 0 saturated carbocycles. The molecule has 0 aliphatic carbocycles. The Morgan fingerprint density at radius 2 is 2.00 bits per heavy atom. The monoisotopic (exact) mass is 348 g/mol. The van der Waals surface area contributed by atoms with E-state index in [0.717, 1.165) is 4.90 Å². The molecular weight excluding hydrogens is 339 g/mol. The number of rotatable bonds is 4. The van der Waals surface area contributed by atoms with Crippen LogP contribution in [0.25, 0.3) is 10.9 Å². The molecule has 0 amide bonds. The van der Waals surface area contributed by atoms with E-state index in [4.69, 9.17) is 19.4 Å². The maximum atomic E-state index is 14.3. The summed E-state index contributed by atoms with van der Waals surface area (Å²) in [5.74, 6) is -0.700. The lowest BCUT2D eigenvalue weighted by Gasteiger charge is -2.25. The second kappa shape index (κ2) is 6.64. The van der Waals surface area contributed by atoms with Crippen LogP contribution in [0.4, 0.5) is 24.7 Å². The van der Waals surface area contributed by atoms with Crippen LogP contribution in [0.5, 0.6) is 0 Å². The Balaban J connectivity index is 2.26. The molecule has 0 aliphatic rings. The molecule has 2 radical (unpaired) electrons. The fraction of sp³-hybridized carbons (Fsp3) is 0.133. The van der Waals surface area contributed by atoms with Crippen molar-refractivity contribution >= 4 is 47.4 Å². The lowest BCUT2D eigenvalue weighted by Crippen LogP contribution is -2.26. The summed E-state index contributed by atoms with van der Waals surface area (Å²) >= 11 is 5.88. The molecule has 9 heteroatoms. The Morgan fingerprint density at radius 1 is 1.21 bits per heavy atom. The van der Waals surface area contributed by atoms with Gasteiger partial charge in [-0.3, -0.25) is 4.98 Å². The highest BCUT2D eigenvalue weighted by Crippen LogP contribution is 2.32. The summed E-state index contributed by atoms with van der Waals surface area (Å²) < 4.78 is 40.5. The molecule has 0 aliphatic heterocycles. The van der Waals surface area contributed by atoms with Gasteiger partial charge in [0.15, 0.2) is 0 Å².